The lowest BCUT2D eigenvalue weighted by Gasteiger charge is -2.19. The van der Waals surface area contributed by atoms with Gasteiger partial charge in [-0.25, -0.2) is 4.72 Å². The quantitative estimate of drug-likeness (QED) is 0.507. The molecule has 1 unspecified atom stereocenters. The minimum Gasteiger partial charge on any atom is -0.481 e. The first-order valence-electron chi connectivity index (χ1n) is 5.87. The number of aliphatic hydroxyl groups is 1. The van der Waals surface area contributed by atoms with E-state index in [1.165, 1.54) is 7.05 Å². The Kier molecular flexibility index (Phi) is 8.08. The highest BCUT2D eigenvalue weighted by atomic mass is 32.2. The van der Waals surface area contributed by atoms with Gasteiger partial charge in [-0.3, -0.25) is 4.79 Å². The maximum atomic E-state index is 11.7. The number of hydrogen-bond acceptors (Lipinski definition) is 4. The van der Waals surface area contributed by atoms with Crippen LogP contribution < -0.4 is 4.72 Å². The summed E-state index contributed by atoms with van der Waals surface area (Å²) in [6.45, 7) is 2.12. The van der Waals surface area contributed by atoms with Gasteiger partial charge in [0.05, 0.1) is 6.42 Å². The van der Waals surface area contributed by atoms with Crippen LogP contribution in [-0.2, 0) is 15.0 Å². The summed E-state index contributed by atoms with van der Waals surface area (Å²) in [5.74, 6) is -0.957. The first kappa shape index (κ1) is 17.3. The molecule has 18 heavy (non-hydrogen) atoms. The Labute approximate surface area is 108 Å². The van der Waals surface area contributed by atoms with E-state index in [1.54, 1.807) is 0 Å². The molecular formula is C10H22N2O5S. The molecular weight excluding hydrogens is 260 g/mol. The van der Waals surface area contributed by atoms with E-state index in [4.69, 9.17) is 10.2 Å². The van der Waals surface area contributed by atoms with Crippen LogP contribution in [0, 0.1) is 5.92 Å². The molecule has 0 saturated carbocycles. The van der Waals surface area contributed by atoms with Crippen molar-refractivity contribution in [2.75, 3.05) is 26.7 Å². The van der Waals surface area contributed by atoms with E-state index in [1.807, 2.05) is 6.92 Å². The summed E-state index contributed by atoms with van der Waals surface area (Å²) >= 11 is 0. The highest BCUT2D eigenvalue weighted by molar-refractivity contribution is 7.87. The fourth-order valence-electron chi connectivity index (χ4n) is 1.34. The molecule has 0 spiro atoms. The third-order valence-corrected chi connectivity index (χ3v) is 4.25. The molecule has 7 nitrogen and oxygen atoms in total. The van der Waals surface area contributed by atoms with E-state index in [0.717, 1.165) is 10.7 Å². The highest BCUT2D eigenvalue weighted by Crippen LogP contribution is 2.07. The second-order valence-electron chi connectivity index (χ2n) is 4.11. The van der Waals surface area contributed by atoms with Crippen molar-refractivity contribution in [3.8, 4) is 0 Å². The zero-order valence-corrected chi connectivity index (χ0v) is 11.6. The standard InChI is InChI=1S/C10H22N2O5S/c1-3-9(5-7-13)8-11-18(16,17)12(2)6-4-10(14)15/h9,11,13H,3-8H2,1-2H3,(H,14,15). The summed E-state index contributed by atoms with van der Waals surface area (Å²) in [6.07, 6.45) is 1.07. The van der Waals surface area contributed by atoms with Crippen LogP contribution in [0.25, 0.3) is 0 Å². The minimum atomic E-state index is -3.64. The van der Waals surface area contributed by atoms with Crippen molar-refractivity contribution >= 4 is 16.2 Å². The average molecular weight is 282 g/mol. The molecule has 0 aromatic carbocycles. The third-order valence-electron chi connectivity index (χ3n) is 2.72. The van der Waals surface area contributed by atoms with Gasteiger partial charge in [0, 0.05) is 26.7 Å². The van der Waals surface area contributed by atoms with Crippen LogP contribution in [0.15, 0.2) is 0 Å². The Bertz CT molecular complexity index is 344. The van der Waals surface area contributed by atoms with E-state index in [0.29, 0.717) is 6.42 Å². The lowest BCUT2D eigenvalue weighted by Crippen LogP contribution is -2.41. The molecule has 0 bridgehead atoms. The van der Waals surface area contributed by atoms with Crippen molar-refractivity contribution in [2.24, 2.45) is 5.92 Å². The number of carboxylic acids is 1. The molecule has 1 atom stereocenters. The lowest BCUT2D eigenvalue weighted by atomic mass is 10.0. The molecule has 0 rings (SSSR count). The maximum Gasteiger partial charge on any atom is 0.304 e. The van der Waals surface area contributed by atoms with Crippen LogP contribution in [0.5, 0.6) is 0 Å². The van der Waals surface area contributed by atoms with Crippen molar-refractivity contribution < 1.29 is 23.4 Å². The summed E-state index contributed by atoms with van der Waals surface area (Å²) in [5.41, 5.74) is 0. The first-order chi connectivity index (χ1) is 8.33. The molecule has 108 valence electrons. The zero-order chi connectivity index (χ0) is 14.2. The van der Waals surface area contributed by atoms with Crippen molar-refractivity contribution in [3.63, 3.8) is 0 Å². The van der Waals surface area contributed by atoms with E-state index >= 15 is 0 Å². The number of aliphatic hydroxyl groups excluding tert-OH is 1. The van der Waals surface area contributed by atoms with E-state index < -0.39 is 16.2 Å². The second-order valence-corrected chi connectivity index (χ2v) is 5.97. The summed E-state index contributed by atoms with van der Waals surface area (Å²) in [6, 6.07) is 0. The fraction of sp³-hybridized carbons (Fsp3) is 0.900. The lowest BCUT2D eigenvalue weighted by molar-refractivity contribution is -0.137. The van der Waals surface area contributed by atoms with Gasteiger partial charge in [-0.2, -0.15) is 12.7 Å². The summed E-state index contributed by atoms with van der Waals surface area (Å²) < 4.78 is 26.8. The minimum absolute atomic E-state index is 0.0229. The van der Waals surface area contributed by atoms with E-state index in [9.17, 15) is 13.2 Å². The van der Waals surface area contributed by atoms with Crippen molar-refractivity contribution in [1.29, 1.82) is 0 Å². The van der Waals surface area contributed by atoms with Crippen molar-refractivity contribution in [1.82, 2.24) is 9.03 Å². The Balaban J connectivity index is 4.24. The van der Waals surface area contributed by atoms with Gasteiger partial charge in [0.2, 0.25) is 0 Å². The number of nitrogens with one attached hydrogen (secondary N) is 1. The molecule has 0 fully saturated rings. The van der Waals surface area contributed by atoms with Crippen LogP contribution in [-0.4, -0.2) is 55.6 Å². The Morgan fingerprint density at radius 3 is 2.50 bits per heavy atom. The number of rotatable bonds is 10. The Morgan fingerprint density at radius 2 is 2.06 bits per heavy atom. The molecule has 0 saturated heterocycles. The molecule has 0 aromatic rings. The number of carbonyl (C=O) groups is 1. The summed E-state index contributed by atoms with van der Waals surface area (Å²) in [4.78, 5) is 10.4. The number of aliphatic carboxylic acids is 1. The smallest absolute Gasteiger partial charge is 0.304 e. The van der Waals surface area contributed by atoms with E-state index in [2.05, 4.69) is 4.72 Å². The summed E-state index contributed by atoms with van der Waals surface area (Å²) in [7, 11) is -2.31. The molecule has 0 heterocycles. The maximum absolute atomic E-state index is 11.7. The largest absolute Gasteiger partial charge is 0.481 e. The predicted molar refractivity (Wildman–Crippen MR) is 67.3 cm³/mol. The number of nitrogens with zero attached hydrogens (tertiary/aromatic N) is 1. The normalized spacial score (nSPS) is 13.8. The van der Waals surface area contributed by atoms with Crippen molar-refractivity contribution in [3.05, 3.63) is 0 Å². The molecule has 0 aliphatic carbocycles. The van der Waals surface area contributed by atoms with Gasteiger partial charge >= 0.3 is 5.97 Å². The van der Waals surface area contributed by atoms with Gasteiger partial charge in [0.1, 0.15) is 0 Å². The van der Waals surface area contributed by atoms with Gasteiger partial charge < -0.3 is 10.2 Å². The van der Waals surface area contributed by atoms with Crippen LogP contribution in [0.2, 0.25) is 0 Å². The van der Waals surface area contributed by atoms with Gasteiger partial charge in [0.15, 0.2) is 0 Å². The van der Waals surface area contributed by atoms with Crippen LogP contribution in [0.4, 0.5) is 0 Å². The van der Waals surface area contributed by atoms with Crippen LogP contribution in [0.3, 0.4) is 0 Å². The Hall–Kier alpha value is -0.700. The molecule has 0 radical (unpaired) electrons. The summed E-state index contributed by atoms with van der Waals surface area (Å²) in [5, 5.41) is 17.3. The molecule has 3 N–H and O–H groups in total. The average Bonchev–Trinajstić information content (AvgIpc) is 2.31. The third kappa shape index (κ3) is 6.90. The van der Waals surface area contributed by atoms with Gasteiger partial charge in [0.25, 0.3) is 10.2 Å². The van der Waals surface area contributed by atoms with Gasteiger partial charge in [-0.05, 0) is 12.3 Å². The highest BCUT2D eigenvalue weighted by Gasteiger charge is 2.19. The second kappa shape index (κ2) is 8.41. The molecule has 0 aromatic heterocycles. The van der Waals surface area contributed by atoms with Gasteiger partial charge in [-0.1, -0.05) is 13.3 Å². The van der Waals surface area contributed by atoms with Gasteiger partial charge in [-0.15, -0.1) is 0 Å². The monoisotopic (exact) mass is 282 g/mol. The van der Waals surface area contributed by atoms with Crippen LogP contribution >= 0.6 is 0 Å². The van der Waals surface area contributed by atoms with Crippen LogP contribution in [0.1, 0.15) is 26.2 Å². The molecule has 0 aliphatic rings. The first-order valence-corrected chi connectivity index (χ1v) is 7.31. The molecule has 0 aliphatic heterocycles. The predicted octanol–water partition coefficient (Wildman–Crippen LogP) is -0.364. The topological polar surface area (TPSA) is 107 Å². The SMILES string of the molecule is CCC(CCO)CNS(=O)(=O)N(C)CCC(=O)O. The Morgan fingerprint density at radius 1 is 1.44 bits per heavy atom. The fourth-order valence-corrected chi connectivity index (χ4v) is 2.34. The van der Waals surface area contributed by atoms with E-state index in [-0.39, 0.29) is 32.0 Å². The zero-order valence-electron chi connectivity index (χ0n) is 10.8. The number of carboxylic acid groups (broad SMARTS) is 1. The molecule has 0 amide bonds. The van der Waals surface area contributed by atoms with Crippen molar-refractivity contribution in [2.45, 2.75) is 26.2 Å². The molecule has 8 heteroatoms. The number of hydrogen-bond donors (Lipinski definition) is 3.